The Balaban J connectivity index is 2.03. The third-order valence-corrected chi connectivity index (χ3v) is 3.99. The molecule has 2 rings (SSSR count). The van der Waals surface area contributed by atoms with Crippen LogP contribution in [0.25, 0.3) is 0 Å². The summed E-state index contributed by atoms with van der Waals surface area (Å²) in [6.45, 7) is 5.89. The predicted octanol–water partition coefficient (Wildman–Crippen LogP) is 2.74. The van der Waals surface area contributed by atoms with Crippen molar-refractivity contribution in [2.75, 3.05) is 13.1 Å². The van der Waals surface area contributed by atoms with Crippen LogP contribution in [0.2, 0.25) is 0 Å². The monoisotopic (exact) mass is 269 g/mol. The molecule has 4 heteroatoms. The van der Waals surface area contributed by atoms with E-state index in [0.717, 1.165) is 19.2 Å². The molecule has 0 bridgehead atoms. The smallest absolute Gasteiger partial charge is 0.129 e. The van der Waals surface area contributed by atoms with Crippen molar-refractivity contribution in [3.63, 3.8) is 0 Å². The third-order valence-electron chi connectivity index (χ3n) is 3.99. The summed E-state index contributed by atoms with van der Waals surface area (Å²) in [5.41, 5.74) is -0.480. The van der Waals surface area contributed by atoms with Gasteiger partial charge in [-0.3, -0.25) is 0 Å². The maximum atomic E-state index is 13.6. The highest BCUT2D eigenvalue weighted by atomic mass is 19.1. The average Bonchev–Trinajstić information content (AvgIpc) is 2.33. The van der Waals surface area contributed by atoms with Crippen molar-refractivity contribution in [1.82, 2.24) is 4.90 Å². The topological polar surface area (TPSA) is 23.5 Å². The highest BCUT2D eigenvalue weighted by Crippen LogP contribution is 2.28. The molecular weight excluding hydrogens is 248 g/mol. The number of hydrogen-bond acceptors (Lipinski definition) is 2. The number of hydrogen-bond donors (Lipinski definition) is 1. The second-order valence-electron chi connectivity index (χ2n) is 5.77. The summed E-state index contributed by atoms with van der Waals surface area (Å²) in [5.74, 6) is -1.15. The first-order chi connectivity index (χ1) is 8.89. The van der Waals surface area contributed by atoms with Crippen molar-refractivity contribution in [2.24, 2.45) is 0 Å². The Morgan fingerprint density at radius 3 is 2.42 bits per heavy atom. The van der Waals surface area contributed by atoms with Gasteiger partial charge in [-0.15, -0.1) is 0 Å². The van der Waals surface area contributed by atoms with Gasteiger partial charge in [-0.05, 0) is 38.3 Å². The third kappa shape index (κ3) is 3.51. The maximum absolute atomic E-state index is 13.6. The molecule has 0 unspecified atom stereocenters. The van der Waals surface area contributed by atoms with Crippen molar-refractivity contribution in [2.45, 2.75) is 44.8 Å². The van der Waals surface area contributed by atoms with Gasteiger partial charge in [0.05, 0.1) is 5.60 Å². The summed E-state index contributed by atoms with van der Waals surface area (Å²) in [5, 5.41) is 10.5. The average molecular weight is 269 g/mol. The molecule has 0 spiro atoms. The van der Waals surface area contributed by atoms with Crippen LogP contribution in [0.1, 0.15) is 32.3 Å². The molecule has 1 aromatic carbocycles. The molecule has 19 heavy (non-hydrogen) atoms. The fourth-order valence-electron chi connectivity index (χ4n) is 2.65. The molecule has 1 fully saturated rings. The number of rotatable bonds is 3. The van der Waals surface area contributed by atoms with Gasteiger partial charge in [-0.1, -0.05) is 6.07 Å². The van der Waals surface area contributed by atoms with E-state index >= 15 is 0 Å². The maximum Gasteiger partial charge on any atom is 0.129 e. The molecule has 1 heterocycles. The van der Waals surface area contributed by atoms with Crippen molar-refractivity contribution in [3.05, 3.63) is 35.4 Å². The zero-order valence-electron chi connectivity index (χ0n) is 11.5. The van der Waals surface area contributed by atoms with Crippen LogP contribution in [0.3, 0.4) is 0 Å². The van der Waals surface area contributed by atoms with Gasteiger partial charge in [-0.25, -0.2) is 8.78 Å². The van der Waals surface area contributed by atoms with E-state index in [2.05, 4.69) is 18.7 Å². The van der Waals surface area contributed by atoms with Crippen LogP contribution < -0.4 is 0 Å². The molecule has 1 aromatic rings. The normalized spacial score (nSPS) is 19.9. The Bertz CT molecular complexity index is 440. The van der Waals surface area contributed by atoms with Crippen LogP contribution >= 0.6 is 0 Å². The van der Waals surface area contributed by atoms with E-state index in [0.29, 0.717) is 24.4 Å². The van der Waals surface area contributed by atoms with E-state index in [-0.39, 0.29) is 6.42 Å². The van der Waals surface area contributed by atoms with Crippen LogP contribution in [0.15, 0.2) is 18.2 Å². The molecule has 106 valence electrons. The first-order valence-corrected chi connectivity index (χ1v) is 6.80. The van der Waals surface area contributed by atoms with Crippen LogP contribution in [0, 0.1) is 11.6 Å². The van der Waals surface area contributed by atoms with Crippen LogP contribution in [-0.2, 0) is 6.42 Å². The quantitative estimate of drug-likeness (QED) is 0.912. The molecular formula is C15H21F2NO. The van der Waals surface area contributed by atoms with Crippen LogP contribution in [0.5, 0.6) is 0 Å². The number of halogens is 2. The van der Waals surface area contributed by atoms with E-state index in [1.165, 1.54) is 12.1 Å². The first-order valence-electron chi connectivity index (χ1n) is 6.80. The van der Waals surface area contributed by atoms with Crippen LogP contribution in [-0.4, -0.2) is 34.7 Å². The minimum atomic E-state index is -0.871. The molecule has 1 saturated heterocycles. The van der Waals surface area contributed by atoms with Crippen molar-refractivity contribution in [3.8, 4) is 0 Å². The Morgan fingerprint density at radius 2 is 1.89 bits per heavy atom. The molecule has 0 radical (unpaired) electrons. The summed E-state index contributed by atoms with van der Waals surface area (Å²) in [6, 6.07) is 4.01. The molecule has 0 amide bonds. The lowest BCUT2D eigenvalue weighted by Crippen LogP contribution is -2.47. The molecule has 0 saturated carbocycles. The van der Waals surface area contributed by atoms with E-state index in [9.17, 15) is 13.9 Å². The van der Waals surface area contributed by atoms with Gasteiger partial charge in [-0.2, -0.15) is 0 Å². The summed E-state index contributed by atoms with van der Waals surface area (Å²) in [7, 11) is 0. The fourth-order valence-corrected chi connectivity index (χ4v) is 2.65. The predicted molar refractivity (Wildman–Crippen MR) is 71.0 cm³/mol. The minimum absolute atomic E-state index is 0.255. The summed E-state index contributed by atoms with van der Waals surface area (Å²) in [6.07, 6.45) is 1.51. The lowest BCUT2D eigenvalue weighted by molar-refractivity contribution is -0.0276. The molecule has 1 N–H and O–H groups in total. The van der Waals surface area contributed by atoms with Gasteiger partial charge in [0.2, 0.25) is 0 Å². The molecule has 1 aliphatic heterocycles. The number of piperidine rings is 1. The van der Waals surface area contributed by atoms with Crippen LogP contribution in [0.4, 0.5) is 8.78 Å². The number of aliphatic hydroxyl groups is 1. The highest BCUT2D eigenvalue weighted by molar-refractivity contribution is 5.20. The van der Waals surface area contributed by atoms with Gasteiger partial charge in [0, 0.05) is 31.6 Å². The van der Waals surface area contributed by atoms with Gasteiger partial charge >= 0.3 is 0 Å². The highest BCUT2D eigenvalue weighted by Gasteiger charge is 2.33. The lowest BCUT2D eigenvalue weighted by Gasteiger charge is -2.40. The summed E-state index contributed by atoms with van der Waals surface area (Å²) in [4.78, 5) is 2.30. The van der Waals surface area contributed by atoms with Gasteiger partial charge in [0.15, 0.2) is 0 Å². The summed E-state index contributed by atoms with van der Waals surface area (Å²) < 4.78 is 26.5. The van der Waals surface area contributed by atoms with Crippen molar-refractivity contribution < 1.29 is 13.9 Å². The Kier molecular flexibility index (Phi) is 4.21. The molecule has 2 nitrogen and oxygen atoms in total. The first kappa shape index (κ1) is 14.4. The molecule has 1 aliphatic rings. The van der Waals surface area contributed by atoms with Gasteiger partial charge in [0.1, 0.15) is 11.6 Å². The zero-order chi connectivity index (χ0) is 14.0. The number of benzene rings is 1. The largest absolute Gasteiger partial charge is 0.389 e. The Morgan fingerprint density at radius 1 is 1.26 bits per heavy atom. The minimum Gasteiger partial charge on any atom is -0.389 e. The van der Waals surface area contributed by atoms with Crippen molar-refractivity contribution in [1.29, 1.82) is 0 Å². The lowest BCUT2D eigenvalue weighted by atomic mass is 9.85. The second-order valence-corrected chi connectivity index (χ2v) is 5.77. The van der Waals surface area contributed by atoms with E-state index in [4.69, 9.17) is 0 Å². The number of nitrogens with zero attached hydrogens (tertiary/aromatic N) is 1. The second kappa shape index (κ2) is 5.55. The zero-order valence-corrected chi connectivity index (χ0v) is 11.5. The molecule has 0 atom stereocenters. The van der Waals surface area contributed by atoms with E-state index < -0.39 is 17.2 Å². The standard InChI is InChI=1S/C15H21F2NO/c1-11(2)18-7-5-15(19,6-8-18)10-12-3-4-13(16)9-14(12)17/h3-4,9,11,19H,5-8,10H2,1-2H3. The van der Waals surface area contributed by atoms with Gasteiger partial charge < -0.3 is 10.0 Å². The number of likely N-dealkylation sites (tertiary alicyclic amines) is 1. The van der Waals surface area contributed by atoms with Gasteiger partial charge in [0.25, 0.3) is 0 Å². The van der Waals surface area contributed by atoms with Crippen molar-refractivity contribution >= 4 is 0 Å². The summed E-state index contributed by atoms with van der Waals surface area (Å²) >= 11 is 0. The van der Waals surface area contributed by atoms with E-state index in [1.807, 2.05) is 0 Å². The molecule has 0 aromatic heterocycles. The van der Waals surface area contributed by atoms with E-state index in [1.54, 1.807) is 0 Å². The SMILES string of the molecule is CC(C)N1CCC(O)(Cc2ccc(F)cc2F)CC1. The molecule has 0 aliphatic carbocycles. The fraction of sp³-hybridized carbons (Fsp3) is 0.600. The Labute approximate surface area is 113 Å². The Hall–Kier alpha value is -1.00.